The number of hydrogen-bond donors (Lipinski definition) is 2. The maximum Gasteiger partial charge on any atom is 0.236 e. The van der Waals surface area contributed by atoms with Crippen LogP contribution in [-0.4, -0.2) is 18.6 Å². The van der Waals surface area contributed by atoms with Crippen LogP contribution < -0.4 is 11.1 Å². The highest BCUT2D eigenvalue weighted by Gasteiger charge is 2.08. The van der Waals surface area contributed by atoms with Crippen molar-refractivity contribution in [3.05, 3.63) is 35.4 Å². The third kappa shape index (κ3) is 5.49. The molecule has 1 rings (SSSR count). The molecule has 0 saturated heterocycles. The van der Waals surface area contributed by atoms with Crippen molar-refractivity contribution in [3.63, 3.8) is 0 Å². The summed E-state index contributed by atoms with van der Waals surface area (Å²) < 4.78 is 5.38. The molecular weight excluding hydrogens is 252 g/mol. The van der Waals surface area contributed by atoms with E-state index in [2.05, 4.69) is 5.32 Å². The lowest BCUT2D eigenvalue weighted by Crippen LogP contribution is -2.37. The highest BCUT2D eigenvalue weighted by atomic mass is 35.5. The summed E-state index contributed by atoms with van der Waals surface area (Å²) in [6.45, 7) is 5.37. The number of carbonyl (C=O) groups excluding carboxylic acids is 1. The molecule has 0 radical (unpaired) electrons. The second kappa shape index (κ2) is 8.91. The van der Waals surface area contributed by atoms with Gasteiger partial charge in [-0.05, 0) is 25.0 Å². The molecule has 1 unspecified atom stereocenters. The SMILES string of the molecule is CCOCc1ccccc1CNC(=O)C(C)N.Cl. The van der Waals surface area contributed by atoms with E-state index in [1.54, 1.807) is 6.92 Å². The number of carbonyl (C=O) groups is 1. The van der Waals surface area contributed by atoms with Gasteiger partial charge in [-0.3, -0.25) is 4.79 Å². The Morgan fingerprint density at radius 3 is 2.56 bits per heavy atom. The second-order valence-corrected chi connectivity index (χ2v) is 3.91. The first kappa shape index (κ1) is 16.9. The van der Waals surface area contributed by atoms with Crippen LogP contribution in [0.1, 0.15) is 25.0 Å². The maximum atomic E-state index is 11.4. The summed E-state index contributed by atoms with van der Waals surface area (Å²) in [5.41, 5.74) is 7.64. The molecule has 0 bridgehead atoms. The Morgan fingerprint density at radius 2 is 2.00 bits per heavy atom. The molecule has 0 aromatic heterocycles. The zero-order valence-electron chi connectivity index (χ0n) is 10.8. The molecule has 0 heterocycles. The van der Waals surface area contributed by atoms with E-state index in [-0.39, 0.29) is 18.3 Å². The van der Waals surface area contributed by atoms with Crippen LogP contribution in [0.25, 0.3) is 0 Å². The molecule has 0 spiro atoms. The number of benzene rings is 1. The van der Waals surface area contributed by atoms with E-state index in [0.29, 0.717) is 19.8 Å². The zero-order valence-corrected chi connectivity index (χ0v) is 11.6. The molecule has 5 heteroatoms. The van der Waals surface area contributed by atoms with E-state index in [1.165, 1.54) is 0 Å². The van der Waals surface area contributed by atoms with E-state index in [4.69, 9.17) is 10.5 Å². The molecule has 0 aliphatic rings. The lowest BCUT2D eigenvalue weighted by atomic mass is 10.1. The second-order valence-electron chi connectivity index (χ2n) is 3.91. The molecule has 1 atom stereocenters. The van der Waals surface area contributed by atoms with E-state index in [9.17, 15) is 4.79 Å². The van der Waals surface area contributed by atoms with Crippen molar-refractivity contribution in [1.82, 2.24) is 5.32 Å². The number of nitrogens with one attached hydrogen (secondary N) is 1. The predicted octanol–water partition coefficient (Wildman–Crippen LogP) is 1.61. The van der Waals surface area contributed by atoms with Gasteiger partial charge in [0.05, 0.1) is 12.6 Å². The number of rotatable bonds is 6. The molecule has 1 aromatic rings. The van der Waals surface area contributed by atoms with Gasteiger partial charge in [-0.25, -0.2) is 0 Å². The summed E-state index contributed by atoms with van der Waals surface area (Å²) in [5, 5.41) is 2.80. The van der Waals surface area contributed by atoms with Gasteiger partial charge in [0.2, 0.25) is 5.91 Å². The van der Waals surface area contributed by atoms with Gasteiger partial charge in [-0.2, -0.15) is 0 Å². The molecule has 1 amide bonds. The Hall–Kier alpha value is -1.10. The summed E-state index contributed by atoms with van der Waals surface area (Å²) in [4.78, 5) is 11.4. The van der Waals surface area contributed by atoms with Gasteiger partial charge in [0.1, 0.15) is 0 Å². The van der Waals surface area contributed by atoms with Crippen LogP contribution in [0.2, 0.25) is 0 Å². The Bertz CT molecular complexity index is 370. The smallest absolute Gasteiger partial charge is 0.236 e. The van der Waals surface area contributed by atoms with Crippen molar-refractivity contribution in [3.8, 4) is 0 Å². The third-order valence-corrected chi connectivity index (χ3v) is 2.45. The average Bonchev–Trinajstić information content (AvgIpc) is 2.34. The first-order chi connectivity index (χ1) is 8.15. The Balaban J connectivity index is 0.00000289. The van der Waals surface area contributed by atoms with Crippen LogP contribution in [0.4, 0.5) is 0 Å². The van der Waals surface area contributed by atoms with E-state index >= 15 is 0 Å². The molecule has 1 aromatic carbocycles. The highest BCUT2D eigenvalue weighted by Crippen LogP contribution is 2.09. The molecule has 4 nitrogen and oxygen atoms in total. The quantitative estimate of drug-likeness (QED) is 0.827. The van der Waals surface area contributed by atoms with Crippen molar-refractivity contribution >= 4 is 18.3 Å². The summed E-state index contributed by atoms with van der Waals surface area (Å²) >= 11 is 0. The van der Waals surface area contributed by atoms with E-state index < -0.39 is 6.04 Å². The van der Waals surface area contributed by atoms with Crippen molar-refractivity contribution in [2.45, 2.75) is 33.0 Å². The number of nitrogens with two attached hydrogens (primary N) is 1. The number of amides is 1. The van der Waals surface area contributed by atoms with Crippen LogP contribution in [0.15, 0.2) is 24.3 Å². The van der Waals surface area contributed by atoms with Gasteiger partial charge in [0, 0.05) is 13.2 Å². The van der Waals surface area contributed by atoms with Crippen molar-refractivity contribution in [2.75, 3.05) is 6.61 Å². The molecule has 0 aliphatic carbocycles. The fraction of sp³-hybridized carbons (Fsp3) is 0.462. The van der Waals surface area contributed by atoms with Gasteiger partial charge in [-0.1, -0.05) is 24.3 Å². The fourth-order valence-electron chi connectivity index (χ4n) is 1.43. The summed E-state index contributed by atoms with van der Waals surface area (Å²) in [7, 11) is 0. The van der Waals surface area contributed by atoms with Crippen molar-refractivity contribution in [2.24, 2.45) is 5.73 Å². The average molecular weight is 273 g/mol. The van der Waals surface area contributed by atoms with Crippen LogP contribution >= 0.6 is 12.4 Å². The normalized spacial score (nSPS) is 11.5. The van der Waals surface area contributed by atoms with Crippen LogP contribution in [0, 0.1) is 0 Å². The third-order valence-electron chi connectivity index (χ3n) is 2.45. The first-order valence-corrected chi connectivity index (χ1v) is 5.83. The minimum atomic E-state index is -0.478. The van der Waals surface area contributed by atoms with Crippen LogP contribution in [0.3, 0.4) is 0 Å². The number of hydrogen-bond acceptors (Lipinski definition) is 3. The van der Waals surface area contributed by atoms with Crippen molar-refractivity contribution < 1.29 is 9.53 Å². The van der Waals surface area contributed by atoms with Gasteiger partial charge in [-0.15, -0.1) is 12.4 Å². The van der Waals surface area contributed by atoms with Crippen LogP contribution in [0.5, 0.6) is 0 Å². The molecular formula is C13H21ClN2O2. The highest BCUT2D eigenvalue weighted by molar-refractivity contribution is 5.85. The van der Waals surface area contributed by atoms with Gasteiger partial charge >= 0.3 is 0 Å². The number of ether oxygens (including phenoxy) is 1. The van der Waals surface area contributed by atoms with Gasteiger partial charge < -0.3 is 15.8 Å². The Labute approximate surface area is 114 Å². The Kier molecular flexibility index (Phi) is 8.37. The summed E-state index contributed by atoms with van der Waals surface area (Å²) in [5.74, 6) is -0.142. The maximum absolute atomic E-state index is 11.4. The number of halogens is 1. The standard InChI is InChI=1S/C13H20N2O2.ClH/c1-3-17-9-12-7-5-4-6-11(12)8-15-13(16)10(2)14;/h4-7,10H,3,8-9,14H2,1-2H3,(H,15,16);1H. The molecule has 0 fully saturated rings. The molecule has 18 heavy (non-hydrogen) atoms. The lowest BCUT2D eigenvalue weighted by Gasteiger charge is -2.11. The largest absolute Gasteiger partial charge is 0.377 e. The topological polar surface area (TPSA) is 64.3 Å². The summed E-state index contributed by atoms with van der Waals surface area (Å²) in [6, 6.07) is 7.42. The zero-order chi connectivity index (χ0) is 12.7. The van der Waals surface area contributed by atoms with E-state index in [1.807, 2.05) is 31.2 Å². The molecule has 0 aliphatic heterocycles. The summed E-state index contributed by atoms with van der Waals surface area (Å²) in [6.07, 6.45) is 0. The molecule has 102 valence electrons. The van der Waals surface area contributed by atoms with E-state index in [0.717, 1.165) is 11.1 Å². The lowest BCUT2D eigenvalue weighted by molar-refractivity contribution is -0.122. The first-order valence-electron chi connectivity index (χ1n) is 5.83. The van der Waals surface area contributed by atoms with Gasteiger partial charge in [0.15, 0.2) is 0 Å². The van der Waals surface area contributed by atoms with Gasteiger partial charge in [0.25, 0.3) is 0 Å². The fourth-order valence-corrected chi connectivity index (χ4v) is 1.43. The van der Waals surface area contributed by atoms with Crippen LogP contribution in [-0.2, 0) is 22.7 Å². The van der Waals surface area contributed by atoms with Crippen molar-refractivity contribution in [1.29, 1.82) is 0 Å². The Morgan fingerprint density at radius 1 is 1.39 bits per heavy atom. The monoisotopic (exact) mass is 272 g/mol. The molecule has 0 saturated carbocycles. The minimum Gasteiger partial charge on any atom is -0.377 e. The predicted molar refractivity (Wildman–Crippen MR) is 74.5 cm³/mol. The minimum absolute atomic E-state index is 0. The molecule has 3 N–H and O–H groups in total.